The van der Waals surface area contributed by atoms with Crippen LogP contribution in [0, 0.1) is 11.3 Å². The number of likely N-dealkylation sites (N-methyl/N-ethyl adjacent to an activating group) is 1. The second-order valence-corrected chi connectivity index (χ2v) is 2.82. The number of nitrogens with zero attached hydrogens (tertiary/aromatic N) is 2. The van der Waals surface area contributed by atoms with Crippen molar-refractivity contribution in [3.63, 3.8) is 0 Å². The smallest absolute Gasteiger partial charge is 0.120 e. The lowest BCUT2D eigenvalue weighted by molar-refractivity contribution is 0.516. The Morgan fingerprint density at radius 3 is 3.08 bits per heavy atom. The summed E-state index contributed by atoms with van der Waals surface area (Å²) < 4.78 is 1.97. The largest absolute Gasteiger partial charge is 0.335 e. The van der Waals surface area contributed by atoms with Crippen molar-refractivity contribution in [3.05, 3.63) is 24.0 Å². The van der Waals surface area contributed by atoms with Crippen molar-refractivity contribution in [3.8, 4) is 6.07 Å². The van der Waals surface area contributed by atoms with Gasteiger partial charge in [0.25, 0.3) is 0 Å². The molecule has 0 aliphatic heterocycles. The quantitative estimate of drug-likeness (QED) is 0.726. The van der Waals surface area contributed by atoms with E-state index < -0.39 is 0 Å². The first-order chi connectivity index (χ1) is 5.79. The van der Waals surface area contributed by atoms with Crippen LogP contribution in [0.1, 0.15) is 18.7 Å². The summed E-state index contributed by atoms with van der Waals surface area (Å²) in [6, 6.07) is 6.20. The number of rotatable bonds is 3. The maximum atomic E-state index is 8.73. The van der Waals surface area contributed by atoms with E-state index in [-0.39, 0.29) is 0 Å². The van der Waals surface area contributed by atoms with Gasteiger partial charge in [0.1, 0.15) is 11.8 Å². The van der Waals surface area contributed by atoms with Crippen molar-refractivity contribution < 1.29 is 0 Å². The van der Waals surface area contributed by atoms with Gasteiger partial charge in [0.2, 0.25) is 0 Å². The van der Waals surface area contributed by atoms with Gasteiger partial charge >= 0.3 is 0 Å². The van der Waals surface area contributed by atoms with Gasteiger partial charge < -0.3 is 9.88 Å². The van der Waals surface area contributed by atoms with Gasteiger partial charge in [-0.3, -0.25) is 0 Å². The molecule has 0 radical (unpaired) electrons. The molecule has 12 heavy (non-hydrogen) atoms. The minimum atomic E-state index is 0.333. The lowest BCUT2D eigenvalue weighted by Crippen LogP contribution is -2.20. The van der Waals surface area contributed by atoms with Crippen molar-refractivity contribution in [2.24, 2.45) is 0 Å². The Balaban J connectivity index is 2.80. The number of hydrogen-bond donors (Lipinski definition) is 1. The van der Waals surface area contributed by atoms with Gasteiger partial charge in [-0.2, -0.15) is 5.26 Å². The van der Waals surface area contributed by atoms with Gasteiger partial charge in [0.05, 0.1) is 0 Å². The second kappa shape index (κ2) is 3.93. The molecule has 0 fully saturated rings. The average molecular weight is 163 g/mol. The molecule has 1 atom stereocenters. The molecule has 3 nitrogen and oxygen atoms in total. The van der Waals surface area contributed by atoms with E-state index in [9.17, 15) is 0 Å². The molecule has 1 aromatic heterocycles. The Morgan fingerprint density at radius 1 is 1.75 bits per heavy atom. The topological polar surface area (TPSA) is 40.8 Å². The Morgan fingerprint density at radius 2 is 2.50 bits per heavy atom. The number of nitrogens with one attached hydrogen (secondary N) is 1. The van der Waals surface area contributed by atoms with Crippen molar-refractivity contribution in [1.29, 1.82) is 5.26 Å². The summed E-state index contributed by atoms with van der Waals surface area (Å²) in [4.78, 5) is 0. The van der Waals surface area contributed by atoms with Gasteiger partial charge in [-0.15, -0.1) is 0 Å². The normalized spacial score (nSPS) is 12.4. The van der Waals surface area contributed by atoms with E-state index in [2.05, 4.69) is 18.3 Å². The van der Waals surface area contributed by atoms with E-state index in [0.717, 1.165) is 12.2 Å². The third-order valence-electron chi connectivity index (χ3n) is 1.87. The number of nitriles is 1. The van der Waals surface area contributed by atoms with E-state index in [4.69, 9.17) is 5.26 Å². The van der Waals surface area contributed by atoms with Crippen molar-refractivity contribution in [1.82, 2.24) is 9.88 Å². The van der Waals surface area contributed by atoms with Crippen LogP contribution in [0.25, 0.3) is 0 Å². The van der Waals surface area contributed by atoms with E-state index >= 15 is 0 Å². The summed E-state index contributed by atoms with van der Waals surface area (Å²) in [6.07, 6.45) is 1.93. The Bertz CT molecular complexity index is 282. The van der Waals surface area contributed by atoms with E-state index in [1.54, 1.807) is 0 Å². The van der Waals surface area contributed by atoms with Crippen LogP contribution in [0.3, 0.4) is 0 Å². The van der Waals surface area contributed by atoms with Crippen LogP contribution in [0.4, 0.5) is 0 Å². The van der Waals surface area contributed by atoms with Crippen molar-refractivity contribution in [2.45, 2.75) is 13.0 Å². The molecule has 1 aromatic rings. The molecule has 64 valence electrons. The third-order valence-corrected chi connectivity index (χ3v) is 1.87. The molecule has 3 heteroatoms. The minimum Gasteiger partial charge on any atom is -0.335 e. The van der Waals surface area contributed by atoms with Crippen LogP contribution in [0.15, 0.2) is 18.3 Å². The highest BCUT2D eigenvalue weighted by atomic mass is 15.0. The van der Waals surface area contributed by atoms with E-state index in [1.807, 2.05) is 29.9 Å². The predicted octanol–water partition coefficient (Wildman–Crippen LogP) is 1.14. The number of aromatic nitrogens is 1. The fourth-order valence-electron chi connectivity index (χ4n) is 1.27. The molecule has 0 spiro atoms. The molecule has 0 aromatic carbocycles. The molecule has 1 rings (SSSR count). The molecule has 0 amide bonds. The SMILES string of the molecule is CNCC(C)n1cccc1C#N. The molecule has 1 N–H and O–H groups in total. The van der Waals surface area contributed by atoms with Crippen LogP contribution >= 0.6 is 0 Å². The first-order valence-electron chi connectivity index (χ1n) is 4.01. The molecule has 0 bridgehead atoms. The third kappa shape index (κ3) is 1.66. The Kier molecular flexibility index (Phi) is 2.89. The standard InChI is InChI=1S/C9H13N3/c1-8(7-11-2)12-5-3-4-9(12)6-10/h3-5,8,11H,7H2,1-2H3. The van der Waals surface area contributed by atoms with Gasteiger partial charge in [-0.05, 0) is 26.1 Å². The van der Waals surface area contributed by atoms with Crippen molar-refractivity contribution >= 4 is 0 Å². The molecule has 0 aliphatic carbocycles. The molecule has 0 saturated heterocycles. The molecule has 0 aliphatic rings. The zero-order valence-electron chi connectivity index (χ0n) is 7.41. The highest BCUT2D eigenvalue weighted by Gasteiger charge is 2.05. The summed E-state index contributed by atoms with van der Waals surface area (Å²) >= 11 is 0. The van der Waals surface area contributed by atoms with Gasteiger partial charge in [0.15, 0.2) is 0 Å². The molecule has 1 heterocycles. The average Bonchev–Trinajstić information content (AvgIpc) is 2.51. The van der Waals surface area contributed by atoms with Gasteiger partial charge in [0, 0.05) is 18.8 Å². The van der Waals surface area contributed by atoms with Crippen molar-refractivity contribution in [2.75, 3.05) is 13.6 Å². The zero-order chi connectivity index (χ0) is 8.97. The van der Waals surface area contributed by atoms with E-state index in [1.165, 1.54) is 0 Å². The van der Waals surface area contributed by atoms with Crippen LogP contribution in [0.5, 0.6) is 0 Å². The first-order valence-corrected chi connectivity index (χ1v) is 4.01. The van der Waals surface area contributed by atoms with Gasteiger partial charge in [-0.1, -0.05) is 0 Å². The summed E-state index contributed by atoms with van der Waals surface area (Å²) in [5.41, 5.74) is 0.720. The summed E-state index contributed by atoms with van der Waals surface area (Å²) in [5, 5.41) is 11.8. The lowest BCUT2D eigenvalue weighted by Gasteiger charge is -2.13. The fourth-order valence-corrected chi connectivity index (χ4v) is 1.27. The van der Waals surface area contributed by atoms with Crippen LogP contribution in [-0.2, 0) is 0 Å². The molecular formula is C9H13N3. The molecular weight excluding hydrogens is 150 g/mol. The minimum absolute atomic E-state index is 0.333. The summed E-state index contributed by atoms with van der Waals surface area (Å²) in [7, 11) is 1.91. The summed E-state index contributed by atoms with van der Waals surface area (Å²) in [5.74, 6) is 0. The second-order valence-electron chi connectivity index (χ2n) is 2.82. The van der Waals surface area contributed by atoms with Crippen LogP contribution in [0.2, 0.25) is 0 Å². The van der Waals surface area contributed by atoms with Gasteiger partial charge in [-0.25, -0.2) is 0 Å². The highest BCUT2D eigenvalue weighted by Crippen LogP contribution is 2.09. The maximum absolute atomic E-state index is 8.73. The lowest BCUT2D eigenvalue weighted by atomic mass is 10.3. The monoisotopic (exact) mass is 163 g/mol. The Hall–Kier alpha value is -1.27. The molecule has 0 saturated carbocycles. The maximum Gasteiger partial charge on any atom is 0.120 e. The van der Waals surface area contributed by atoms with Crippen LogP contribution < -0.4 is 5.32 Å². The van der Waals surface area contributed by atoms with Crippen LogP contribution in [-0.4, -0.2) is 18.2 Å². The first kappa shape index (κ1) is 8.82. The zero-order valence-corrected chi connectivity index (χ0v) is 7.41. The molecule has 1 unspecified atom stereocenters. The predicted molar refractivity (Wildman–Crippen MR) is 47.8 cm³/mol. The Labute approximate surface area is 72.6 Å². The fraction of sp³-hybridized carbons (Fsp3) is 0.444. The summed E-state index contributed by atoms with van der Waals surface area (Å²) in [6.45, 7) is 2.96. The van der Waals surface area contributed by atoms with E-state index in [0.29, 0.717) is 6.04 Å². The number of hydrogen-bond acceptors (Lipinski definition) is 2. The highest BCUT2D eigenvalue weighted by molar-refractivity contribution is 5.22.